The minimum absolute atomic E-state index is 0.275. The fourth-order valence-corrected chi connectivity index (χ4v) is 1.84. The summed E-state index contributed by atoms with van der Waals surface area (Å²) in [5.41, 5.74) is 7.73. The first-order chi connectivity index (χ1) is 9.19. The third-order valence-corrected chi connectivity index (χ3v) is 2.79. The Morgan fingerprint density at radius 3 is 2.63 bits per heavy atom. The fourth-order valence-electron chi connectivity index (χ4n) is 1.84. The molecule has 7 heteroatoms. The van der Waals surface area contributed by atoms with Crippen molar-refractivity contribution in [2.45, 2.75) is 0 Å². The molecule has 96 valence electrons. The van der Waals surface area contributed by atoms with Crippen LogP contribution in [0.3, 0.4) is 0 Å². The first-order valence-electron chi connectivity index (χ1n) is 5.64. The minimum atomic E-state index is -0.289. The maximum atomic E-state index is 12.9. The largest absolute Gasteiger partial charge is 0.370 e. The van der Waals surface area contributed by atoms with E-state index in [0.29, 0.717) is 17.2 Å². The average Bonchev–Trinajstić information content (AvgIpc) is 2.80. The van der Waals surface area contributed by atoms with Crippen LogP contribution >= 0.6 is 0 Å². The van der Waals surface area contributed by atoms with E-state index >= 15 is 0 Å². The lowest BCUT2D eigenvalue weighted by molar-refractivity contribution is 0.628. The molecule has 0 saturated carbocycles. The highest BCUT2D eigenvalue weighted by atomic mass is 19.1. The van der Waals surface area contributed by atoms with Crippen LogP contribution in [-0.2, 0) is 0 Å². The van der Waals surface area contributed by atoms with Crippen LogP contribution in [0.2, 0.25) is 0 Å². The third kappa shape index (κ3) is 1.85. The van der Waals surface area contributed by atoms with Gasteiger partial charge < -0.3 is 11.1 Å². The zero-order valence-corrected chi connectivity index (χ0v) is 10.1. The predicted molar refractivity (Wildman–Crippen MR) is 70.1 cm³/mol. The van der Waals surface area contributed by atoms with Gasteiger partial charge in [-0.15, -0.1) is 10.2 Å². The van der Waals surface area contributed by atoms with Crippen molar-refractivity contribution in [1.29, 1.82) is 0 Å². The van der Waals surface area contributed by atoms with E-state index in [4.69, 9.17) is 5.73 Å². The van der Waals surface area contributed by atoms with Gasteiger partial charge in [0.05, 0.1) is 5.69 Å². The Labute approximate surface area is 108 Å². The molecule has 0 unspecified atom stereocenters. The number of hydrogen-bond donors (Lipinski definition) is 2. The molecule has 1 aromatic carbocycles. The van der Waals surface area contributed by atoms with Crippen LogP contribution in [0.25, 0.3) is 16.9 Å². The van der Waals surface area contributed by atoms with Crippen molar-refractivity contribution in [2.75, 3.05) is 18.1 Å². The van der Waals surface area contributed by atoms with Gasteiger partial charge in [0.1, 0.15) is 5.82 Å². The number of nitrogens with zero attached hydrogens (tertiary/aromatic N) is 4. The Bertz CT molecular complexity index is 734. The van der Waals surface area contributed by atoms with Crippen LogP contribution in [0.5, 0.6) is 0 Å². The van der Waals surface area contributed by atoms with Gasteiger partial charge in [-0.2, -0.15) is 0 Å². The predicted octanol–water partition coefficient (Wildman–Crippen LogP) is 1.55. The molecule has 0 spiro atoms. The molecule has 2 heterocycles. The summed E-state index contributed by atoms with van der Waals surface area (Å²) in [5.74, 6) is 0.547. The summed E-state index contributed by atoms with van der Waals surface area (Å²) in [6.07, 6.45) is 1.72. The van der Waals surface area contributed by atoms with Crippen LogP contribution < -0.4 is 11.1 Å². The van der Waals surface area contributed by atoms with Crippen molar-refractivity contribution in [3.63, 3.8) is 0 Å². The highest BCUT2D eigenvalue weighted by molar-refractivity contribution is 5.70. The van der Waals surface area contributed by atoms with Crippen molar-refractivity contribution >= 4 is 17.4 Å². The smallest absolute Gasteiger partial charge is 0.226 e. The van der Waals surface area contributed by atoms with E-state index in [-0.39, 0.29) is 11.8 Å². The number of nitrogens with two attached hydrogens (primary N) is 1. The second-order valence-electron chi connectivity index (χ2n) is 3.98. The van der Waals surface area contributed by atoms with E-state index in [0.717, 1.165) is 5.56 Å². The molecule has 3 N–H and O–H groups in total. The Morgan fingerprint density at radius 1 is 1.21 bits per heavy atom. The second-order valence-corrected chi connectivity index (χ2v) is 3.98. The van der Waals surface area contributed by atoms with Crippen LogP contribution in [0.1, 0.15) is 0 Å². The maximum Gasteiger partial charge on any atom is 0.226 e. The third-order valence-electron chi connectivity index (χ3n) is 2.79. The van der Waals surface area contributed by atoms with Gasteiger partial charge in [0.15, 0.2) is 5.82 Å². The second kappa shape index (κ2) is 4.20. The van der Waals surface area contributed by atoms with Crippen LogP contribution in [0.4, 0.5) is 16.2 Å². The monoisotopic (exact) mass is 258 g/mol. The van der Waals surface area contributed by atoms with Gasteiger partial charge in [-0.3, -0.25) is 4.40 Å². The Hall–Kier alpha value is -2.70. The zero-order valence-electron chi connectivity index (χ0n) is 10.1. The number of nitrogen functional groups attached to an aromatic ring is 1. The quantitative estimate of drug-likeness (QED) is 0.729. The lowest BCUT2D eigenvalue weighted by atomic mass is 10.1. The number of fused-ring (bicyclic) bond motifs is 1. The molecule has 2 aromatic heterocycles. The number of hydrogen-bond acceptors (Lipinski definition) is 5. The summed E-state index contributed by atoms with van der Waals surface area (Å²) < 4.78 is 14.6. The average molecular weight is 258 g/mol. The number of benzene rings is 1. The minimum Gasteiger partial charge on any atom is -0.370 e. The molecule has 0 aliphatic heterocycles. The summed E-state index contributed by atoms with van der Waals surface area (Å²) in [5, 5.41) is 10.7. The first kappa shape index (κ1) is 11.4. The lowest BCUT2D eigenvalue weighted by Crippen LogP contribution is -2.01. The molecule has 0 amide bonds. The maximum absolute atomic E-state index is 12.9. The molecule has 0 fully saturated rings. The number of aromatic nitrogens is 4. The van der Waals surface area contributed by atoms with Gasteiger partial charge in [-0.05, 0) is 24.3 Å². The van der Waals surface area contributed by atoms with Gasteiger partial charge in [-0.25, -0.2) is 9.37 Å². The van der Waals surface area contributed by atoms with Crippen molar-refractivity contribution in [2.24, 2.45) is 0 Å². The highest BCUT2D eigenvalue weighted by Gasteiger charge is 2.11. The molecular weight excluding hydrogens is 247 g/mol. The number of halogens is 1. The van der Waals surface area contributed by atoms with E-state index in [1.165, 1.54) is 12.1 Å². The first-order valence-corrected chi connectivity index (χ1v) is 5.64. The van der Waals surface area contributed by atoms with Gasteiger partial charge in [0.2, 0.25) is 11.6 Å². The lowest BCUT2D eigenvalue weighted by Gasteiger charge is -2.06. The molecule has 0 aliphatic rings. The zero-order chi connectivity index (χ0) is 13.4. The highest BCUT2D eigenvalue weighted by Crippen LogP contribution is 2.22. The Kier molecular flexibility index (Phi) is 2.52. The van der Waals surface area contributed by atoms with Crippen LogP contribution in [0.15, 0.2) is 30.5 Å². The number of anilines is 2. The van der Waals surface area contributed by atoms with Crippen LogP contribution in [0, 0.1) is 5.82 Å². The molecule has 3 rings (SSSR count). The topological polar surface area (TPSA) is 81.1 Å². The van der Waals surface area contributed by atoms with E-state index < -0.39 is 0 Å². The Balaban J connectivity index is 2.23. The van der Waals surface area contributed by atoms with Gasteiger partial charge >= 0.3 is 0 Å². The van der Waals surface area contributed by atoms with Gasteiger partial charge in [-0.1, -0.05) is 0 Å². The SMILES string of the molecule is CNc1nc(-c2ccc(F)cc2)cn2c(N)nnc12. The van der Waals surface area contributed by atoms with Crippen molar-refractivity contribution in [3.05, 3.63) is 36.3 Å². The Morgan fingerprint density at radius 2 is 1.95 bits per heavy atom. The molecule has 0 bridgehead atoms. The summed E-state index contributed by atoms with van der Waals surface area (Å²) >= 11 is 0. The molecular formula is C12H11FN6. The normalized spacial score (nSPS) is 10.8. The molecule has 6 nitrogen and oxygen atoms in total. The van der Waals surface area contributed by atoms with Gasteiger partial charge in [0, 0.05) is 18.8 Å². The molecule has 0 atom stereocenters. The number of nitrogens with one attached hydrogen (secondary N) is 1. The molecule has 19 heavy (non-hydrogen) atoms. The molecule has 3 aromatic rings. The fraction of sp³-hybridized carbons (Fsp3) is 0.0833. The van der Waals surface area contributed by atoms with Crippen molar-refractivity contribution in [3.8, 4) is 11.3 Å². The summed E-state index contributed by atoms with van der Waals surface area (Å²) in [7, 11) is 1.74. The van der Waals surface area contributed by atoms with Gasteiger partial charge in [0.25, 0.3) is 0 Å². The van der Waals surface area contributed by atoms with E-state index in [1.54, 1.807) is 29.8 Å². The van der Waals surface area contributed by atoms with E-state index in [9.17, 15) is 4.39 Å². The van der Waals surface area contributed by atoms with Crippen molar-refractivity contribution in [1.82, 2.24) is 19.6 Å². The summed E-state index contributed by atoms with van der Waals surface area (Å²) in [6, 6.07) is 6.08. The molecule has 0 aliphatic carbocycles. The summed E-state index contributed by atoms with van der Waals surface area (Å²) in [4.78, 5) is 4.42. The summed E-state index contributed by atoms with van der Waals surface area (Å²) in [6.45, 7) is 0. The van der Waals surface area contributed by atoms with E-state index in [2.05, 4.69) is 20.5 Å². The van der Waals surface area contributed by atoms with E-state index in [1.807, 2.05) is 0 Å². The van der Waals surface area contributed by atoms with Crippen LogP contribution in [-0.4, -0.2) is 26.6 Å². The standard InChI is InChI=1S/C12H11FN6/c1-15-10-11-17-18-12(14)19(11)6-9(16-10)7-2-4-8(13)5-3-7/h2-6H,1H3,(H2,14,18)(H,15,16). The molecule has 0 saturated heterocycles. The number of rotatable bonds is 2. The molecule has 0 radical (unpaired) electrons. The van der Waals surface area contributed by atoms with Crippen molar-refractivity contribution < 1.29 is 4.39 Å².